The quantitative estimate of drug-likeness (QED) is 0.810. The molecule has 3 nitrogen and oxygen atoms in total. The SMILES string of the molecule is Cc1ccccc1N1CCN(CC(=O)c2ccc(F)cc2)CC1. The fourth-order valence-corrected chi connectivity index (χ4v) is 3.00. The van der Waals surface area contributed by atoms with Crippen molar-refractivity contribution in [3.63, 3.8) is 0 Å². The summed E-state index contributed by atoms with van der Waals surface area (Å²) >= 11 is 0. The first kappa shape index (κ1) is 15.7. The van der Waals surface area contributed by atoms with Crippen molar-refractivity contribution in [3.8, 4) is 0 Å². The Balaban J connectivity index is 1.56. The zero-order chi connectivity index (χ0) is 16.2. The van der Waals surface area contributed by atoms with E-state index in [1.54, 1.807) is 12.1 Å². The third-order valence-electron chi connectivity index (χ3n) is 4.36. The average molecular weight is 312 g/mol. The standard InChI is InChI=1S/C19H21FN2O/c1-15-4-2-3-5-18(15)22-12-10-21(11-13-22)14-19(23)16-6-8-17(20)9-7-16/h2-9H,10-14H2,1H3. The van der Waals surface area contributed by atoms with E-state index in [-0.39, 0.29) is 11.6 Å². The second-order valence-corrected chi connectivity index (χ2v) is 5.98. The number of rotatable bonds is 4. The number of nitrogens with zero attached hydrogens (tertiary/aromatic N) is 2. The molecule has 120 valence electrons. The zero-order valence-electron chi connectivity index (χ0n) is 13.3. The number of halogens is 1. The summed E-state index contributed by atoms with van der Waals surface area (Å²) in [6, 6.07) is 14.2. The molecule has 0 aromatic heterocycles. The first-order chi connectivity index (χ1) is 11.1. The summed E-state index contributed by atoms with van der Waals surface area (Å²) in [5, 5.41) is 0. The Kier molecular flexibility index (Phi) is 4.72. The summed E-state index contributed by atoms with van der Waals surface area (Å²) < 4.78 is 12.9. The number of aryl methyl sites for hydroxylation is 1. The normalized spacial score (nSPS) is 15.7. The molecule has 0 bridgehead atoms. The van der Waals surface area contributed by atoms with E-state index in [9.17, 15) is 9.18 Å². The van der Waals surface area contributed by atoms with Gasteiger partial charge in [-0.15, -0.1) is 0 Å². The molecule has 23 heavy (non-hydrogen) atoms. The van der Waals surface area contributed by atoms with Crippen LogP contribution in [0.1, 0.15) is 15.9 Å². The smallest absolute Gasteiger partial charge is 0.176 e. The lowest BCUT2D eigenvalue weighted by molar-refractivity contribution is 0.0926. The van der Waals surface area contributed by atoms with Crippen molar-refractivity contribution in [2.24, 2.45) is 0 Å². The molecule has 2 aromatic rings. The number of benzene rings is 2. The molecule has 1 aliphatic rings. The van der Waals surface area contributed by atoms with E-state index >= 15 is 0 Å². The fourth-order valence-electron chi connectivity index (χ4n) is 3.00. The predicted octanol–water partition coefficient (Wildman–Crippen LogP) is 3.14. The first-order valence-electron chi connectivity index (χ1n) is 7.95. The summed E-state index contributed by atoms with van der Waals surface area (Å²) in [7, 11) is 0. The predicted molar refractivity (Wildman–Crippen MR) is 90.6 cm³/mol. The first-order valence-corrected chi connectivity index (χ1v) is 7.95. The summed E-state index contributed by atoms with van der Waals surface area (Å²) in [6.07, 6.45) is 0. The van der Waals surface area contributed by atoms with Crippen LogP contribution < -0.4 is 4.90 Å². The van der Waals surface area contributed by atoms with Crippen molar-refractivity contribution >= 4 is 11.5 Å². The molecule has 0 amide bonds. The highest BCUT2D eigenvalue weighted by atomic mass is 19.1. The molecule has 0 radical (unpaired) electrons. The number of ketones is 1. The van der Waals surface area contributed by atoms with Gasteiger partial charge in [-0.25, -0.2) is 4.39 Å². The second-order valence-electron chi connectivity index (χ2n) is 5.98. The van der Waals surface area contributed by atoms with Gasteiger partial charge in [0.25, 0.3) is 0 Å². The van der Waals surface area contributed by atoms with Crippen LogP contribution in [0.3, 0.4) is 0 Å². The Morgan fingerprint density at radius 3 is 2.30 bits per heavy atom. The topological polar surface area (TPSA) is 23.6 Å². The minimum atomic E-state index is -0.312. The lowest BCUT2D eigenvalue weighted by Gasteiger charge is -2.36. The van der Waals surface area contributed by atoms with Gasteiger partial charge in [0, 0.05) is 37.4 Å². The Bertz CT molecular complexity index is 676. The highest BCUT2D eigenvalue weighted by Crippen LogP contribution is 2.20. The maximum Gasteiger partial charge on any atom is 0.176 e. The summed E-state index contributed by atoms with van der Waals surface area (Å²) in [5.74, 6) is -0.261. The molecule has 0 unspecified atom stereocenters. The van der Waals surface area contributed by atoms with Crippen LogP contribution in [0.15, 0.2) is 48.5 Å². The van der Waals surface area contributed by atoms with Crippen LogP contribution in [-0.2, 0) is 0 Å². The number of hydrogen-bond acceptors (Lipinski definition) is 3. The molecular formula is C19H21FN2O. The third-order valence-corrected chi connectivity index (χ3v) is 4.36. The van der Waals surface area contributed by atoms with Crippen molar-refractivity contribution < 1.29 is 9.18 Å². The number of carbonyl (C=O) groups excluding carboxylic acids is 1. The number of hydrogen-bond donors (Lipinski definition) is 0. The van der Waals surface area contributed by atoms with Crippen molar-refractivity contribution in [2.75, 3.05) is 37.6 Å². The highest BCUT2D eigenvalue weighted by Gasteiger charge is 2.20. The molecule has 1 saturated heterocycles. The molecule has 0 atom stereocenters. The van der Waals surface area contributed by atoms with Gasteiger partial charge in [-0.05, 0) is 42.8 Å². The van der Waals surface area contributed by atoms with E-state index in [4.69, 9.17) is 0 Å². The average Bonchev–Trinajstić information content (AvgIpc) is 2.57. The van der Waals surface area contributed by atoms with Crippen molar-refractivity contribution in [2.45, 2.75) is 6.92 Å². The number of Topliss-reactive ketones (excluding diaryl/α,β-unsaturated/α-hetero) is 1. The van der Waals surface area contributed by atoms with Crippen LogP contribution in [0.4, 0.5) is 10.1 Å². The van der Waals surface area contributed by atoms with Crippen LogP contribution in [0, 0.1) is 12.7 Å². The molecule has 1 fully saturated rings. The molecule has 1 heterocycles. The third kappa shape index (κ3) is 3.77. The highest BCUT2D eigenvalue weighted by molar-refractivity contribution is 5.97. The lowest BCUT2D eigenvalue weighted by Crippen LogP contribution is -2.48. The molecule has 1 aliphatic heterocycles. The molecule has 4 heteroatoms. The molecule has 0 spiro atoms. The number of carbonyl (C=O) groups is 1. The fraction of sp³-hybridized carbons (Fsp3) is 0.316. The molecule has 2 aromatic carbocycles. The van der Waals surface area contributed by atoms with Crippen LogP contribution in [-0.4, -0.2) is 43.4 Å². The van der Waals surface area contributed by atoms with Gasteiger partial charge in [-0.2, -0.15) is 0 Å². The summed E-state index contributed by atoms with van der Waals surface area (Å²) in [4.78, 5) is 16.8. The van der Waals surface area contributed by atoms with Crippen LogP contribution >= 0.6 is 0 Å². The zero-order valence-corrected chi connectivity index (χ0v) is 13.3. The van der Waals surface area contributed by atoms with E-state index in [1.807, 2.05) is 0 Å². The minimum Gasteiger partial charge on any atom is -0.369 e. The van der Waals surface area contributed by atoms with Gasteiger partial charge in [-0.1, -0.05) is 18.2 Å². The van der Waals surface area contributed by atoms with Gasteiger partial charge in [-0.3, -0.25) is 9.69 Å². The molecule has 3 rings (SSSR count). The second kappa shape index (κ2) is 6.92. The summed E-state index contributed by atoms with van der Waals surface area (Å²) in [5.41, 5.74) is 3.13. The van der Waals surface area contributed by atoms with Crippen molar-refractivity contribution in [1.29, 1.82) is 0 Å². The minimum absolute atomic E-state index is 0.0503. The van der Waals surface area contributed by atoms with Crippen molar-refractivity contribution in [3.05, 3.63) is 65.5 Å². The molecule has 0 aliphatic carbocycles. The van der Waals surface area contributed by atoms with E-state index in [1.165, 1.54) is 23.4 Å². The summed E-state index contributed by atoms with van der Waals surface area (Å²) in [6.45, 7) is 6.08. The number of anilines is 1. The molecule has 0 N–H and O–H groups in total. The van der Waals surface area contributed by atoms with E-state index in [0.717, 1.165) is 26.2 Å². The van der Waals surface area contributed by atoms with Gasteiger partial charge in [0.05, 0.1) is 6.54 Å². The largest absolute Gasteiger partial charge is 0.369 e. The molecule has 0 saturated carbocycles. The maximum absolute atomic E-state index is 12.9. The van der Waals surface area contributed by atoms with Crippen LogP contribution in [0.2, 0.25) is 0 Å². The van der Waals surface area contributed by atoms with E-state index < -0.39 is 0 Å². The van der Waals surface area contributed by atoms with Crippen molar-refractivity contribution in [1.82, 2.24) is 4.90 Å². The lowest BCUT2D eigenvalue weighted by atomic mass is 10.1. The number of piperazine rings is 1. The van der Waals surface area contributed by atoms with Gasteiger partial charge in [0.1, 0.15) is 5.82 Å². The maximum atomic E-state index is 12.9. The Morgan fingerprint density at radius 1 is 1.00 bits per heavy atom. The van der Waals surface area contributed by atoms with Crippen LogP contribution in [0.5, 0.6) is 0 Å². The molecular weight excluding hydrogens is 291 g/mol. The van der Waals surface area contributed by atoms with Crippen LogP contribution in [0.25, 0.3) is 0 Å². The van der Waals surface area contributed by atoms with Gasteiger partial charge < -0.3 is 4.90 Å². The van der Waals surface area contributed by atoms with Gasteiger partial charge in [0.15, 0.2) is 5.78 Å². The van der Waals surface area contributed by atoms with Gasteiger partial charge in [0.2, 0.25) is 0 Å². The van der Waals surface area contributed by atoms with E-state index in [2.05, 4.69) is 41.0 Å². The monoisotopic (exact) mass is 312 g/mol. The number of para-hydroxylation sites is 1. The Hall–Kier alpha value is -2.20. The van der Waals surface area contributed by atoms with E-state index in [0.29, 0.717) is 12.1 Å². The Labute approximate surface area is 136 Å². The Morgan fingerprint density at radius 2 is 1.65 bits per heavy atom. The van der Waals surface area contributed by atoms with Gasteiger partial charge >= 0.3 is 0 Å².